The summed E-state index contributed by atoms with van der Waals surface area (Å²) in [5.41, 5.74) is 12.4. The summed E-state index contributed by atoms with van der Waals surface area (Å²) in [7, 11) is 0. The first-order valence-electron chi connectivity index (χ1n) is 19.5. The second-order valence-corrected chi connectivity index (χ2v) is 14.7. The molecule has 0 aliphatic heterocycles. The number of nitrogens with two attached hydrogens (primary N) is 2. The van der Waals surface area contributed by atoms with Crippen LogP contribution in [0.1, 0.15) is 65.4 Å². The Morgan fingerprint density at radius 2 is 1.05 bits per heavy atom. The van der Waals surface area contributed by atoms with E-state index in [1.54, 1.807) is 52.0 Å². The van der Waals surface area contributed by atoms with Crippen molar-refractivity contribution in [3.05, 3.63) is 35.9 Å². The summed E-state index contributed by atoms with van der Waals surface area (Å²) in [6.45, 7) is 4.48. The number of aliphatic hydroxyl groups is 1. The van der Waals surface area contributed by atoms with Crippen molar-refractivity contribution in [2.45, 2.75) is 96.4 Å². The first-order chi connectivity index (χ1) is 27.9. The third-order valence-corrected chi connectivity index (χ3v) is 8.47. The zero-order valence-electron chi connectivity index (χ0n) is 34.1. The average Bonchev–Trinajstić information content (AvgIpc) is 3.18. The molecule has 1 rings (SSSR count). The van der Waals surface area contributed by atoms with Crippen molar-refractivity contribution in [2.24, 2.45) is 23.3 Å². The van der Waals surface area contributed by atoms with E-state index in [0.717, 1.165) is 5.56 Å². The van der Waals surface area contributed by atoms with Crippen LogP contribution < -0.4 is 54.0 Å². The molecule has 0 unspecified atom stereocenters. The Labute approximate surface area is 343 Å². The highest BCUT2D eigenvalue weighted by Crippen LogP contribution is 2.09. The summed E-state index contributed by atoms with van der Waals surface area (Å²) in [4.78, 5) is 113. The first kappa shape index (κ1) is 51.3. The molecule has 21 heteroatoms. The van der Waals surface area contributed by atoms with Gasteiger partial charge in [0.1, 0.15) is 24.2 Å². The van der Waals surface area contributed by atoms with Gasteiger partial charge in [0.25, 0.3) is 0 Å². The number of hydrogen-bond donors (Lipinski definition) is 12. The van der Waals surface area contributed by atoms with Crippen LogP contribution in [0.5, 0.6) is 0 Å². The lowest BCUT2D eigenvalue weighted by Gasteiger charge is -2.26. The van der Waals surface area contributed by atoms with Crippen LogP contribution in [0, 0.1) is 11.8 Å². The van der Waals surface area contributed by atoms with E-state index in [1.807, 2.05) is 6.07 Å². The fraction of sp³-hybridized carbons (Fsp3) is 0.605. The van der Waals surface area contributed by atoms with Gasteiger partial charge in [0.05, 0.1) is 38.8 Å². The second-order valence-electron chi connectivity index (χ2n) is 14.7. The number of carboxylic acid groups (broad SMARTS) is 1. The van der Waals surface area contributed by atoms with Crippen LogP contribution in [-0.4, -0.2) is 133 Å². The molecule has 5 atom stereocenters. The molecule has 14 N–H and O–H groups in total. The maximum absolute atomic E-state index is 13.5. The number of aliphatic hydroxyl groups excluding tert-OH is 1. The highest BCUT2D eigenvalue weighted by molar-refractivity contribution is 5.96. The largest absolute Gasteiger partial charge is 0.480 e. The predicted molar refractivity (Wildman–Crippen MR) is 214 cm³/mol. The smallest absolute Gasteiger partial charge is 0.326 e. The predicted octanol–water partition coefficient (Wildman–Crippen LogP) is -3.74. The van der Waals surface area contributed by atoms with Crippen LogP contribution in [-0.2, 0) is 49.6 Å². The number of aliphatic carboxylic acids is 1. The number of carboxylic acids is 1. The molecule has 0 bridgehead atoms. The van der Waals surface area contributed by atoms with Gasteiger partial charge in [-0.05, 0) is 62.5 Å². The maximum atomic E-state index is 13.5. The summed E-state index contributed by atoms with van der Waals surface area (Å²) < 4.78 is 0. The van der Waals surface area contributed by atoms with Crippen molar-refractivity contribution in [1.29, 1.82) is 0 Å². The fourth-order valence-corrected chi connectivity index (χ4v) is 5.40. The van der Waals surface area contributed by atoms with E-state index in [4.69, 9.17) is 11.5 Å². The van der Waals surface area contributed by atoms with Gasteiger partial charge in [0, 0.05) is 0 Å². The normalized spacial score (nSPS) is 13.4. The summed E-state index contributed by atoms with van der Waals surface area (Å²) in [6, 6.07) is 3.03. The third kappa shape index (κ3) is 22.2. The topological polar surface area (TPSA) is 342 Å². The number of unbranched alkanes of at least 4 members (excludes halogenated alkanes) is 1. The molecule has 0 saturated carbocycles. The second kappa shape index (κ2) is 27.9. The molecule has 0 aliphatic rings. The van der Waals surface area contributed by atoms with Crippen molar-refractivity contribution in [3.8, 4) is 0 Å². The molecule has 0 saturated heterocycles. The molecule has 330 valence electrons. The quantitative estimate of drug-likeness (QED) is 0.0362. The third-order valence-electron chi connectivity index (χ3n) is 8.47. The Morgan fingerprint density at radius 1 is 0.576 bits per heavy atom. The van der Waals surface area contributed by atoms with Crippen LogP contribution in [0.25, 0.3) is 0 Å². The lowest BCUT2D eigenvalue weighted by molar-refractivity contribution is -0.142. The number of nitrogens with one attached hydrogen (secondary N) is 8. The number of amides is 8. The van der Waals surface area contributed by atoms with Crippen LogP contribution in [0.3, 0.4) is 0 Å². The van der Waals surface area contributed by atoms with Gasteiger partial charge in [0.2, 0.25) is 47.3 Å². The lowest BCUT2D eigenvalue weighted by atomic mass is 10.0. The molecule has 21 nitrogen and oxygen atoms in total. The Kier molecular flexibility index (Phi) is 24.3. The highest BCUT2D eigenvalue weighted by Gasteiger charge is 2.31. The van der Waals surface area contributed by atoms with Gasteiger partial charge in [-0.15, -0.1) is 0 Å². The highest BCUT2D eigenvalue weighted by atomic mass is 16.4. The maximum Gasteiger partial charge on any atom is 0.326 e. The minimum atomic E-state index is -1.44. The van der Waals surface area contributed by atoms with E-state index in [1.165, 1.54) is 0 Å². The molecule has 59 heavy (non-hydrogen) atoms. The van der Waals surface area contributed by atoms with Gasteiger partial charge in [-0.1, -0.05) is 58.0 Å². The summed E-state index contributed by atoms with van der Waals surface area (Å²) in [5.74, 6) is -7.36. The number of rotatable bonds is 28. The molecule has 1 aromatic carbocycles. The summed E-state index contributed by atoms with van der Waals surface area (Å²) in [6.07, 6.45) is 1.54. The van der Waals surface area contributed by atoms with Crippen LogP contribution >= 0.6 is 0 Å². The van der Waals surface area contributed by atoms with Gasteiger partial charge in [-0.2, -0.15) is 0 Å². The lowest BCUT2D eigenvalue weighted by Crippen LogP contribution is -2.59. The minimum Gasteiger partial charge on any atom is -0.480 e. The SMILES string of the molecule is CC(C)C[C@H](NC(=O)CNC(=O)CNC(=O)CNC(=O)CNC(=O)[C@H](CC(C)C)NC(=O)[C@H](CCCCN)NC(=O)[C@H](CO)NC(=O)[C@@H](N)Cc1ccccc1)C(=O)O. The molecule has 0 aliphatic carbocycles. The van der Waals surface area contributed by atoms with Crippen molar-refractivity contribution in [1.82, 2.24) is 42.5 Å². The van der Waals surface area contributed by atoms with Crippen molar-refractivity contribution in [2.75, 3.05) is 39.3 Å². The molecule has 8 amide bonds. The van der Waals surface area contributed by atoms with Gasteiger partial charge in [-0.3, -0.25) is 38.4 Å². The molecule has 0 radical (unpaired) electrons. The van der Waals surface area contributed by atoms with Crippen LogP contribution in [0.15, 0.2) is 30.3 Å². The van der Waals surface area contributed by atoms with E-state index in [2.05, 4.69) is 42.5 Å². The first-order valence-corrected chi connectivity index (χ1v) is 19.5. The Morgan fingerprint density at radius 3 is 1.56 bits per heavy atom. The van der Waals surface area contributed by atoms with Gasteiger partial charge < -0.3 is 64.2 Å². The molecular weight excluding hydrogens is 772 g/mol. The Hall–Kier alpha value is -5.67. The van der Waals surface area contributed by atoms with Crippen molar-refractivity contribution >= 4 is 53.2 Å². The fourth-order valence-electron chi connectivity index (χ4n) is 5.40. The zero-order chi connectivity index (χ0) is 44.5. The minimum absolute atomic E-state index is 0.00109. The summed E-state index contributed by atoms with van der Waals surface area (Å²) >= 11 is 0. The van der Waals surface area contributed by atoms with Crippen molar-refractivity contribution < 1.29 is 53.4 Å². The zero-order valence-corrected chi connectivity index (χ0v) is 34.1. The van der Waals surface area contributed by atoms with E-state index in [-0.39, 0.29) is 37.5 Å². The average molecular weight is 835 g/mol. The monoisotopic (exact) mass is 834 g/mol. The molecule has 1 aromatic rings. The van der Waals surface area contributed by atoms with Gasteiger partial charge in [0.15, 0.2) is 0 Å². The van der Waals surface area contributed by atoms with Gasteiger partial charge in [-0.25, -0.2) is 4.79 Å². The summed E-state index contributed by atoms with van der Waals surface area (Å²) in [5, 5.41) is 38.2. The van der Waals surface area contributed by atoms with E-state index in [0.29, 0.717) is 19.4 Å². The number of hydrogen-bond acceptors (Lipinski definition) is 12. The number of carbonyl (C=O) groups excluding carboxylic acids is 8. The number of benzene rings is 1. The van der Waals surface area contributed by atoms with Crippen molar-refractivity contribution in [3.63, 3.8) is 0 Å². The van der Waals surface area contributed by atoms with Crippen LogP contribution in [0.2, 0.25) is 0 Å². The van der Waals surface area contributed by atoms with E-state index >= 15 is 0 Å². The van der Waals surface area contributed by atoms with Gasteiger partial charge >= 0.3 is 5.97 Å². The van der Waals surface area contributed by atoms with E-state index in [9.17, 15) is 53.4 Å². The standard InChI is InChI=1S/C38H62N10O11/c1-22(2)14-27(35(55)44-19-32(52)42-17-30(50)41-18-31(51)43-20-33(53)45-28(38(58)59)15-23(3)4)47-36(56)26(12-8-9-13-39)46-37(57)29(21-49)48-34(54)25(40)16-24-10-6-5-7-11-24/h5-7,10-11,22-23,25-29,49H,8-9,12-21,39-40H2,1-4H3,(H,41,50)(H,42,52)(H,43,51)(H,44,55)(H,45,53)(H,46,57)(H,47,56)(H,48,54)(H,58,59)/t25-,26-,27-,28-,29-/m0/s1. The number of carbonyl (C=O) groups is 9. The Bertz CT molecular complexity index is 1560. The molecular formula is C38H62N10O11. The molecule has 0 heterocycles. The Balaban J connectivity index is 2.71. The molecule has 0 spiro atoms. The van der Waals surface area contributed by atoms with Crippen LogP contribution in [0.4, 0.5) is 0 Å². The molecule has 0 aromatic heterocycles. The molecule has 0 fully saturated rings. The van der Waals surface area contributed by atoms with E-state index < -0.39 is 116 Å².